The molecule has 162 valence electrons. The molecule has 0 radical (unpaired) electrons. The molecule has 0 saturated carbocycles. The van der Waals surface area contributed by atoms with E-state index in [2.05, 4.69) is 25.4 Å². The van der Waals surface area contributed by atoms with Crippen molar-refractivity contribution in [2.24, 2.45) is 0 Å². The summed E-state index contributed by atoms with van der Waals surface area (Å²) in [5.74, 6) is 0.248. The Labute approximate surface area is 184 Å². The summed E-state index contributed by atoms with van der Waals surface area (Å²) in [4.78, 5) is 19.5. The summed E-state index contributed by atoms with van der Waals surface area (Å²) in [6.07, 6.45) is 1.64. The third kappa shape index (κ3) is 3.80. The van der Waals surface area contributed by atoms with E-state index < -0.39 is 0 Å². The Hall–Kier alpha value is -3.78. The summed E-state index contributed by atoms with van der Waals surface area (Å²) in [6, 6.07) is 14.3. The van der Waals surface area contributed by atoms with Crippen LogP contribution in [0.1, 0.15) is 16.1 Å². The average molecular weight is 431 g/mol. The highest BCUT2D eigenvalue weighted by Gasteiger charge is 2.17. The van der Waals surface area contributed by atoms with E-state index in [0.29, 0.717) is 29.9 Å². The molecule has 7 nitrogen and oxygen atoms in total. The van der Waals surface area contributed by atoms with Gasteiger partial charge in [0.05, 0.1) is 30.6 Å². The van der Waals surface area contributed by atoms with E-state index in [9.17, 15) is 9.18 Å². The number of nitrogens with one attached hydrogen (secondary N) is 2. The number of rotatable bonds is 4. The minimum absolute atomic E-state index is 0.263. The lowest BCUT2D eigenvalue weighted by atomic mass is 9.98. The van der Waals surface area contributed by atoms with Gasteiger partial charge in [0.25, 0.3) is 5.91 Å². The molecule has 0 atom stereocenters. The van der Waals surface area contributed by atoms with Gasteiger partial charge in [-0.25, -0.2) is 9.37 Å². The van der Waals surface area contributed by atoms with Crippen molar-refractivity contribution >= 4 is 28.3 Å². The zero-order valence-electron chi connectivity index (χ0n) is 17.6. The molecule has 5 rings (SSSR count). The van der Waals surface area contributed by atoms with Crippen LogP contribution in [0.5, 0.6) is 0 Å². The number of amides is 1. The fourth-order valence-corrected chi connectivity index (χ4v) is 3.90. The van der Waals surface area contributed by atoms with E-state index in [1.165, 1.54) is 6.07 Å². The van der Waals surface area contributed by atoms with Gasteiger partial charge in [0, 0.05) is 18.5 Å². The summed E-state index contributed by atoms with van der Waals surface area (Å²) < 4.78 is 19.4. The number of aromatic nitrogens is 3. The van der Waals surface area contributed by atoms with Crippen LogP contribution >= 0.6 is 0 Å². The first kappa shape index (κ1) is 20.1. The molecule has 1 amide bonds. The number of nitrogens with zero attached hydrogens (tertiary/aromatic N) is 3. The van der Waals surface area contributed by atoms with Crippen LogP contribution in [0.25, 0.3) is 22.0 Å². The number of ether oxygens (including phenoxy) is 1. The van der Waals surface area contributed by atoms with E-state index in [0.717, 1.165) is 35.6 Å². The molecule has 1 aliphatic rings. The molecule has 0 aliphatic carbocycles. The summed E-state index contributed by atoms with van der Waals surface area (Å²) in [7, 11) is 0. The molecule has 1 aliphatic heterocycles. The molecule has 4 aromatic rings. The van der Waals surface area contributed by atoms with Crippen LogP contribution in [0.3, 0.4) is 0 Å². The van der Waals surface area contributed by atoms with E-state index in [1.54, 1.807) is 19.2 Å². The van der Waals surface area contributed by atoms with Gasteiger partial charge in [-0.3, -0.25) is 9.89 Å². The summed E-state index contributed by atoms with van der Waals surface area (Å²) >= 11 is 0. The maximum atomic E-state index is 14.0. The normalized spacial score (nSPS) is 14.0. The summed E-state index contributed by atoms with van der Waals surface area (Å²) in [6.45, 7) is 4.70. The van der Waals surface area contributed by atoms with E-state index in [-0.39, 0.29) is 17.4 Å². The van der Waals surface area contributed by atoms with Crippen molar-refractivity contribution in [1.29, 1.82) is 0 Å². The van der Waals surface area contributed by atoms with Gasteiger partial charge < -0.3 is 15.0 Å². The lowest BCUT2D eigenvalue weighted by Gasteiger charge is -2.27. The van der Waals surface area contributed by atoms with Gasteiger partial charge in [0.1, 0.15) is 11.6 Å². The number of carbonyl (C=O) groups excluding carboxylic acids is 1. The second-order valence-electron chi connectivity index (χ2n) is 7.70. The highest BCUT2D eigenvalue weighted by atomic mass is 19.1. The molecule has 0 bridgehead atoms. The van der Waals surface area contributed by atoms with Crippen LogP contribution in [0.4, 0.5) is 15.9 Å². The van der Waals surface area contributed by atoms with Crippen LogP contribution in [-0.4, -0.2) is 47.4 Å². The minimum atomic E-state index is -0.342. The number of H-pyrrole nitrogens is 1. The Morgan fingerprint density at radius 3 is 2.78 bits per heavy atom. The van der Waals surface area contributed by atoms with E-state index in [1.807, 2.05) is 36.4 Å². The number of carbonyl (C=O) groups is 1. The molecule has 2 N–H and O–H groups in total. The van der Waals surface area contributed by atoms with E-state index in [4.69, 9.17) is 4.74 Å². The maximum absolute atomic E-state index is 14.0. The molecule has 2 aromatic heterocycles. The van der Waals surface area contributed by atoms with Gasteiger partial charge in [-0.15, -0.1) is 0 Å². The first-order valence-corrected chi connectivity index (χ1v) is 10.4. The molecular weight excluding hydrogens is 409 g/mol. The quantitative estimate of drug-likeness (QED) is 0.507. The molecule has 2 aromatic carbocycles. The first-order chi connectivity index (χ1) is 15.6. The number of pyridine rings is 1. The van der Waals surface area contributed by atoms with Crippen molar-refractivity contribution in [3.63, 3.8) is 0 Å². The van der Waals surface area contributed by atoms with Crippen molar-refractivity contribution < 1.29 is 13.9 Å². The monoisotopic (exact) mass is 431 g/mol. The number of hydrogen-bond donors (Lipinski definition) is 2. The Kier molecular flexibility index (Phi) is 5.28. The third-order valence-corrected chi connectivity index (χ3v) is 5.70. The van der Waals surface area contributed by atoms with Crippen LogP contribution in [-0.2, 0) is 4.74 Å². The molecule has 32 heavy (non-hydrogen) atoms. The van der Waals surface area contributed by atoms with Crippen LogP contribution in [0.15, 0.2) is 54.7 Å². The largest absolute Gasteiger partial charge is 0.378 e. The second kappa shape index (κ2) is 8.39. The molecule has 0 spiro atoms. The fraction of sp³-hybridized carbons (Fsp3) is 0.208. The van der Waals surface area contributed by atoms with Gasteiger partial charge in [-0.1, -0.05) is 18.2 Å². The SMILES string of the molecule is Cc1c(F)cccc1-c1ccc2[nH]nc(C(=O)Nc3ccc(N4CCOCC4)nc3)c2c1. The molecule has 8 heteroatoms. The number of morpholine rings is 1. The minimum Gasteiger partial charge on any atom is -0.378 e. The van der Waals surface area contributed by atoms with Crippen molar-refractivity contribution in [1.82, 2.24) is 15.2 Å². The van der Waals surface area contributed by atoms with Gasteiger partial charge in [0.15, 0.2) is 5.69 Å². The molecule has 1 fully saturated rings. The third-order valence-electron chi connectivity index (χ3n) is 5.70. The average Bonchev–Trinajstić information content (AvgIpc) is 3.25. The Morgan fingerprint density at radius 2 is 2.00 bits per heavy atom. The maximum Gasteiger partial charge on any atom is 0.276 e. The van der Waals surface area contributed by atoms with Gasteiger partial charge in [0.2, 0.25) is 0 Å². The van der Waals surface area contributed by atoms with Crippen molar-refractivity contribution in [2.45, 2.75) is 6.92 Å². The lowest BCUT2D eigenvalue weighted by Crippen LogP contribution is -2.36. The summed E-state index contributed by atoms with van der Waals surface area (Å²) in [5.41, 5.74) is 3.75. The Bertz CT molecular complexity index is 1280. The number of hydrogen-bond acceptors (Lipinski definition) is 5. The van der Waals surface area contributed by atoms with E-state index >= 15 is 0 Å². The number of fused-ring (bicyclic) bond motifs is 1. The topological polar surface area (TPSA) is 83.1 Å². The molecule has 1 saturated heterocycles. The molecular formula is C24H22FN5O2. The number of halogens is 1. The highest BCUT2D eigenvalue weighted by Crippen LogP contribution is 2.29. The number of anilines is 2. The van der Waals surface area contributed by atoms with Crippen LogP contribution in [0, 0.1) is 12.7 Å². The molecule has 3 heterocycles. The van der Waals surface area contributed by atoms with Crippen LogP contribution < -0.4 is 10.2 Å². The number of benzene rings is 2. The standard InChI is InChI=1S/C24H22FN5O2/c1-15-18(3-2-4-20(15)25)16-5-7-21-19(13-16)23(29-28-21)24(31)27-17-6-8-22(26-14-17)30-9-11-32-12-10-30/h2-8,13-14H,9-12H2,1H3,(H,27,31)(H,28,29). The van der Waals surface area contributed by atoms with Crippen LogP contribution in [0.2, 0.25) is 0 Å². The van der Waals surface area contributed by atoms with Gasteiger partial charge in [-0.2, -0.15) is 5.10 Å². The number of aromatic amines is 1. The predicted molar refractivity (Wildman–Crippen MR) is 121 cm³/mol. The summed E-state index contributed by atoms with van der Waals surface area (Å²) in [5, 5.41) is 10.6. The lowest BCUT2D eigenvalue weighted by molar-refractivity contribution is 0.102. The molecule has 0 unspecified atom stereocenters. The van der Waals surface area contributed by atoms with Crippen molar-refractivity contribution in [3.05, 3.63) is 71.8 Å². The van der Waals surface area contributed by atoms with Crippen molar-refractivity contribution in [2.75, 3.05) is 36.5 Å². The fourth-order valence-electron chi connectivity index (χ4n) is 3.90. The van der Waals surface area contributed by atoms with Crippen molar-refractivity contribution in [3.8, 4) is 11.1 Å². The first-order valence-electron chi connectivity index (χ1n) is 10.4. The second-order valence-corrected chi connectivity index (χ2v) is 7.70. The zero-order valence-corrected chi connectivity index (χ0v) is 17.6. The zero-order chi connectivity index (χ0) is 22.1. The van der Waals surface area contributed by atoms with Gasteiger partial charge >= 0.3 is 0 Å². The highest BCUT2D eigenvalue weighted by molar-refractivity contribution is 6.11. The predicted octanol–water partition coefficient (Wildman–Crippen LogP) is 4.16. The Morgan fingerprint density at radius 1 is 1.16 bits per heavy atom. The van der Waals surface area contributed by atoms with Gasteiger partial charge in [-0.05, 0) is 53.9 Å². The Balaban J connectivity index is 1.39. The smallest absolute Gasteiger partial charge is 0.276 e.